The van der Waals surface area contributed by atoms with Gasteiger partial charge in [-0.15, -0.1) is 0 Å². The number of carbonyl (C=O) groups is 1. The van der Waals surface area contributed by atoms with E-state index in [1.54, 1.807) is 39.0 Å². The van der Waals surface area contributed by atoms with E-state index in [9.17, 15) is 9.90 Å². The number of nitrogens with two attached hydrogens (primary N) is 1. The summed E-state index contributed by atoms with van der Waals surface area (Å²) in [4.78, 5) is 12.0. The predicted molar refractivity (Wildman–Crippen MR) is 72.9 cm³/mol. The van der Waals surface area contributed by atoms with E-state index in [1.165, 1.54) is 0 Å². The van der Waals surface area contributed by atoms with Gasteiger partial charge in [-0.2, -0.15) is 0 Å². The summed E-state index contributed by atoms with van der Waals surface area (Å²) in [6, 6.07) is 7.08. The largest absolute Gasteiger partial charge is 0.459 e. The Kier molecular flexibility index (Phi) is 4.90. The van der Waals surface area contributed by atoms with Crippen LogP contribution in [0, 0.1) is 0 Å². The first-order chi connectivity index (χ1) is 8.20. The van der Waals surface area contributed by atoms with Crippen LogP contribution in [0.15, 0.2) is 28.7 Å². The molecule has 1 aromatic rings. The monoisotopic (exact) mass is 315 g/mol. The van der Waals surface area contributed by atoms with Crippen molar-refractivity contribution in [1.29, 1.82) is 0 Å². The number of rotatable bonds is 3. The highest BCUT2D eigenvalue weighted by Gasteiger charge is 2.30. The molecule has 0 saturated carbocycles. The SMILES string of the molecule is CC(C)(C)OC(=O)[C@H](c1cccc(Br)c1)[C@H](N)O. The number of halogens is 1. The zero-order valence-electron chi connectivity index (χ0n) is 10.7. The maximum absolute atomic E-state index is 12.0. The molecule has 0 aliphatic carbocycles. The number of carbonyl (C=O) groups excluding carboxylic acids is 1. The van der Waals surface area contributed by atoms with Gasteiger partial charge in [0.2, 0.25) is 0 Å². The molecule has 5 heteroatoms. The predicted octanol–water partition coefficient (Wildman–Crippen LogP) is 2.15. The third-order valence-corrected chi connectivity index (χ3v) is 2.70. The zero-order valence-corrected chi connectivity index (χ0v) is 12.3. The minimum absolute atomic E-state index is 0.532. The number of esters is 1. The van der Waals surface area contributed by atoms with E-state index in [0.717, 1.165) is 4.47 Å². The average molecular weight is 316 g/mol. The minimum atomic E-state index is -1.30. The first kappa shape index (κ1) is 15.1. The van der Waals surface area contributed by atoms with Crippen molar-refractivity contribution in [1.82, 2.24) is 0 Å². The smallest absolute Gasteiger partial charge is 0.318 e. The number of hydrogen-bond acceptors (Lipinski definition) is 4. The molecule has 0 fully saturated rings. The van der Waals surface area contributed by atoms with Crippen molar-refractivity contribution in [2.75, 3.05) is 0 Å². The quantitative estimate of drug-likeness (QED) is 0.662. The van der Waals surface area contributed by atoms with E-state index >= 15 is 0 Å². The van der Waals surface area contributed by atoms with E-state index in [2.05, 4.69) is 15.9 Å². The molecular weight excluding hydrogens is 298 g/mol. The summed E-state index contributed by atoms with van der Waals surface area (Å²) in [6.07, 6.45) is -1.30. The molecule has 0 saturated heterocycles. The fraction of sp³-hybridized carbons (Fsp3) is 0.462. The van der Waals surface area contributed by atoms with Crippen molar-refractivity contribution in [2.24, 2.45) is 5.73 Å². The second kappa shape index (κ2) is 5.82. The van der Waals surface area contributed by atoms with E-state index in [1.807, 2.05) is 6.07 Å². The summed E-state index contributed by atoms with van der Waals surface area (Å²) >= 11 is 3.32. The van der Waals surface area contributed by atoms with Crippen molar-refractivity contribution in [3.63, 3.8) is 0 Å². The molecule has 0 heterocycles. The lowest BCUT2D eigenvalue weighted by Gasteiger charge is -2.25. The van der Waals surface area contributed by atoms with Crippen molar-refractivity contribution in [2.45, 2.75) is 38.5 Å². The summed E-state index contributed by atoms with van der Waals surface area (Å²) in [5, 5.41) is 9.59. The summed E-state index contributed by atoms with van der Waals surface area (Å²) in [5.74, 6) is -1.42. The molecule has 0 aliphatic rings. The van der Waals surface area contributed by atoms with Gasteiger partial charge in [0.25, 0.3) is 0 Å². The zero-order chi connectivity index (χ0) is 13.9. The Labute approximate surface area is 115 Å². The molecule has 0 aliphatic heterocycles. The number of aliphatic hydroxyl groups excluding tert-OH is 1. The molecule has 1 rings (SSSR count). The van der Waals surface area contributed by atoms with Gasteiger partial charge in [0.15, 0.2) is 0 Å². The lowest BCUT2D eigenvalue weighted by atomic mass is 9.97. The molecule has 0 unspecified atom stereocenters. The fourth-order valence-electron chi connectivity index (χ4n) is 1.54. The van der Waals surface area contributed by atoms with E-state index in [4.69, 9.17) is 10.5 Å². The van der Waals surface area contributed by atoms with Gasteiger partial charge in [-0.25, -0.2) is 0 Å². The van der Waals surface area contributed by atoms with Crippen LogP contribution in [0.5, 0.6) is 0 Å². The first-order valence-corrected chi connectivity index (χ1v) is 6.42. The van der Waals surface area contributed by atoms with Crippen LogP contribution in [-0.2, 0) is 9.53 Å². The topological polar surface area (TPSA) is 72.5 Å². The number of ether oxygens (including phenoxy) is 1. The van der Waals surface area contributed by atoms with Crippen LogP contribution in [0.2, 0.25) is 0 Å². The van der Waals surface area contributed by atoms with Gasteiger partial charge in [0, 0.05) is 4.47 Å². The molecule has 0 spiro atoms. The van der Waals surface area contributed by atoms with Crippen LogP contribution in [0.25, 0.3) is 0 Å². The molecule has 0 radical (unpaired) electrons. The van der Waals surface area contributed by atoms with E-state index in [0.29, 0.717) is 5.56 Å². The second-order valence-electron chi connectivity index (χ2n) is 5.06. The van der Waals surface area contributed by atoms with Crippen molar-refractivity contribution < 1.29 is 14.6 Å². The fourth-order valence-corrected chi connectivity index (χ4v) is 1.95. The highest BCUT2D eigenvalue weighted by atomic mass is 79.9. The number of benzene rings is 1. The van der Waals surface area contributed by atoms with Crippen LogP contribution < -0.4 is 5.73 Å². The molecule has 2 atom stereocenters. The Morgan fingerprint density at radius 2 is 2.06 bits per heavy atom. The van der Waals surface area contributed by atoms with Crippen molar-refractivity contribution in [3.05, 3.63) is 34.3 Å². The molecular formula is C13H18BrNO3. The Hall–Kier alpha value is -0.910. The Morgan fingerprint density at radius 3 is 2.50 bits per heavy atom. The molecule has 18 heavy (non-hydrogen) atoms. The summed E-state index contributed by atoms with van der Waals surface area (Å²) in [7, 11) is 0. The van der Waals surface area contributed by atoms with Crippen LogP contribution in [-0.4, -0.2) is 22.9 Å². The summed E-state index contributed by atoms with van der Waals surface area (Å²) < 4.78 is 6.08. The van der Waals surface area contributed by atoms with Gasteiger partial charge in [0.05, 0.1) is 0 Å². The van der Waals surface area contributed by atoms with Crippen molar-refractivity contribution >= 4 is 21.9 Å². The van der Waals surface area contributed by atoms with Crippen LogP contribution in [0.3, 0.4) is 0 Å². The van der Waals surface area contributed by atoms with Crippen LogP contribution in [0.4, 0.5) is 0 Å². The van der Waals surface area contributed by atoms with Gasteiger partial charge in [-0.3, -0.25) is 4.79 Å². The highest BCUT2D eigenvalue weighted by Crippen LogP contribution is 2.24. The van der Waals surface area contributed by atoms with Gasteiger partial charge in [-0.1, -0.05) is 28.1 Å². The molecule has 1 aromatic carbocycles. The lowest BCUT2D eigenvalue weighted by molar-refractivity contribution is -0.159. The molecule has 0 bridgehead atoms. The standard InChI is InChI=1S/C13H18BrNO3/c1-13(2,3)18-12(17)10(11(15)16)8-5-4-6-9(14)7-8/h4-7,10-11,16H,15H2,1-3H3/t10-,11-/m1/s1. The molecule has 3 N–H and O–H groups in total. The van der Waals surface area contributed by atoms with Gasteiger partial charge in [0.1, 0.15) is 17.7 Å². The van der Waals surface area contributed by atoms with E-state index in [-0.39, 0.29) is 0 Å². The first-order valence-electron chi connectivity index (χ1n) is 5.62. The highest BCUT2D eigenvalue weighted by molar-refractivity contribution is 9.10. The summed E-state index contributed by atoms with van der Waals surface area (Å²) in [6.45, 7) is 5.31. The summed E-state index contributed by atoms with van der Waals surface area (Å²) in [5.41, 5.74) is 5.48. The third kappa shape index (κ3) is 4.40. The second-order valence-corrected chi connectivity index (χ2v) is 5.97. The van der Waals surface area contributed by atoms with Gasteiger partial charge < -0.3 is 15.6 Å². The van der Waals surface area contributed by atoms with Crippen LogP contribution in [0.1, 0.15) is 32.3 Å². The Balaban J connectivity index is 3.00. The Bertz CT molecular complexity index is 426. The molecule has 100 valence electrons. The van der Waals surface area contributed by atoms with Gasteiger partial charge in [-0.05, 0) is 38.5 Å². The number of aliphatic hydroxyl groups is 1. The normalized spacial score (nSPS) is 15.0. The Morgan fingerprint density at radius 1 is 1.44 bits per heavy atom. The number of hydrogen-bond donors (Lipinski definition) is 2. The van der Waals surface area contributed by atoms with Crippen molar-refractivity contribution in [3.8, 4) is 0 Å². The van der Waals surface area contributed by atoms with E-state index < -0.39 is 23.7 Å². The minimum Gasteiger partial charge on any atom is -0.459 e. The maximum atomic E-state index is 12.0. The molecule has 4 nitrogen and oxygen atoms in total. The van der Waals surface area contributed by atoms with Crippen LogP contribution >= 0.6 is 15.9 Å². The lowest BCUT2D eigenvalue weighted by Crippen LogP contribution is -2.37. The molecule has 0 amide bonds. The van der Waals surface area contributed by atoms with Gasteiger partial charge >= 0.3 is 5.97 Å². The molecule has 0 aromatic heterocycles. The third-order valence-electron chi connectivity index (χ3n) is 2.21. The maximum Gasteiger partial charge on any atom is 0.318 e. The average Bonchev–Trinajstić information content (AvgIpc) is 2.13.